The normalized spacial score (nSPS) is 20.7. The molecule has 0 spiro atoms. The highest BCUT2D eigenvalue weighted by Gasteiger charge is 2.36. The number of amides is 4. The first kappa shape index (κ1) is 26.6. The molecule has 2 heterocycles. The molecule has 11 nitrogen and oxygen atoms in total. The largest absolute Gasteiger partial charge is 0.485 e. The number of rotatable bonds is 7. The number of aliphatic hydroxyl groups excluding tert-OH is 1. The van der Waals surface area contributed by atoms with Gasteiger partial charge >= 0.3 is 6.03 Å². The van der Waals surface area contributed by atoms with Gasteiger partial charge in [0.1, 0.15) is 6.10 Å². The van der Waals surface area contributed by atoms with E-state index in [2.05, 4.69) is 10.6 Å². The van der Waals surface area contributed by atoms with Crippen LogP contribution in [0.3, 0.4) is 0 Å². The molecule has 2 aromatic rings. The predicted octanol–water partition coefficient (Wildman–Crippen LogP) is 3.15. The second-order valence-corrected chi connectivity index (χ2v) is 10.4. The molecule has 3 atom stereocenters. The maximum absolute atomic E-state index is 13.6. The summed E-state index contributed by atoms with van der Waals surface area (Å²) in [6, 6.07) is 9.47. The molecule has 1 fully saturated rings. The number of likely N-dealkylation sites (N-methyl/N-ethyl adjacent to an activating group) is 1. The van der Waals surface area contributed by atoms with Crippen LogP contribution < -0.4 is 24.8 Å². The van der Waals surface area contributed by atoms with Crippen molar-refractivity contribution < 1.29 is 33.7 Å². The number of hydrogen-bond donors (Lipinski definition) is 3. The summed E-state index contributed by atoms with van der Waals surface area (Å²) >= 11 is 0. The number of aliphatic hydroxyl groups is 1. The third-order valence-corrected chi connectivity index (χ3v) is 7.32. The molecule has 2 aliphatic heterocycles. The zero-order valence-electron chi connectivity index (χ0n) is 22.3. The van der Waals surface area contributed by atoms with Crippen LogP contribution in [-0.4, -0.2) is 78.4 Å². The topological polar surface area (TPSA) is 130 Å². The Bertz CT molecular complexity index is 1260. The fraction of sp³-hybridized carbons (Fsp3) is 0.464. The highest BCUT2D eigenvalue weighted by atomic mass is 16.7. The van der Waals surface area contributed by atoms with Gasteiger partial charge in [0, 0.05) is 37.2 Å². The Hall–Kier alpha value is -3.99. The molecule has 3 N–H and O–H groups in total. The van der Waals surface area contributed by atoms with E-state index >= 15 is 0 Å². The van der Waals surface area contributed by atoms with Crippen molar-refractivity contribution in [2.45, 2.75) is 38.8 Å². The molecule has 3 aliphatic rings. The highest BCUT2D eigenvalue weighted by molar-refractivity contribution is 6.02. The Morgan fingerprint density at radius 1 is 1.15 bits per heavy atom. The van der Waals surface area contributed by atoms with Crippen LogP contribution in [0.25, 0.3) is 0 Å². The van der Waals surface area contributed by atoms with Crippen molar-refractivity contribution in [2.24, 2.45) is 11.8 Å². The summed E-state index contributed by atoms with van der Waals surface area (Å²) < 4.78 is 17.2. The Kier molecular flexibility index (Phi) is 7.51. The van der Waals surface area contributed by atoms with Crippen LogP contribution >= 0.6 is 0 Å². The van der Waals surface area contributed by atoms with Crippen LogP contribution in [0.5, 0.6) is 17.2 Å². The summed E-state index contributed by atoms with van der Waals surface area (Å²) in [5, 5.41) is 15.7. The standard InChI is InChI=1S/C28H34N4O7/c1-16-12-32(17(2)14-33)27(35)20-5-4-6-21(30-26(34)18-7-8-18)25(20)39-24(16)13-31(3)28(36)29-19-9-10-22-23(11-19)38-15-37-22/h4-6,9-11,16-18,24,33H,7-8,12-15H2,1-3H3,(H,29,36)(H,30,34)/t16-,17-,24+/m0/s1. The number of anilines is 2. The predicted molar refractivity (Wildman–Crippen MR) is 143 cm³/mol. The van der Waals surface area contributed by atoms with Crippen molar-refractivity contribution in [3.8, 4) is 17.2 Å². The van der Waals surface area contributed by atoms with Gasteiger partial charge in [-0.15, -0.1) is 0 Å². The number of para-hydroxylation sites is 1. The van der Waals surface area contributed by atoms with Crippen molar-refractivity contribution in [3.05, 3.63) is 42.0 Å². The number of benzene rings is 2. The number of hydrogen-bond acceptors (Lipinski definition) is 7. The van der Waals surface area contributed by atoms with Gasteiger partial charge in [0.2, 0.25) is 12.7 Å². The third-order valence-electron chi connectivity index (χ3n) is 7.32. The van der Waals surface area contributed by atoms with Crippen molar-refractivity contribution in [3.63, 3.8) is 0 Å². The maximum atomic E-state index is 13.6. The first-order chi connectivity index (χ1) is 18.7. The first-order valence-corrected chi connectivity index (χ1v) is 13.2. The number of ether oxygens (including phenoxy) is 3. The molecule has 4 amide bonds. The van der Waals surface area contributed by atoms with Gasteiger partial charge in [-0.1, -0.05) is 13.0 Å². The van der Waals surface area contributed by atoms with Crippen LogP contribution in [0, 0.1) is 11.8 Å². The van der Waals surface area contributed by atoms with Crippen LogP contribution in [0.2, 0.25) is 0 Å². The number of carbonyl (C=O) groups is 3. The van der Waals surface area contributed by atoms with Gasteiger partial charge < -0.3 is 39.8 Å². The average Bonchev–Trinajstić information content (AvgIpc) is 3.68. The zero-order chi connectivity index (χ0) is 27.7. The van der Waals surface area contributed by atoms with Gasteiger partial charge in [-0.2, -0.15) is 0 Å². The van der Waals surface area contributed by atoms with Crippen molar-refractivity contribution in [1.82, 2.24) is 9.80 Å². The first-order valence-electron chi connectivity index (χ1n) is 13.2. The summed E-state index contributed by atoms with van der Waals surface area (Å²) in [6.07, 6.45) is 1.16. The quantitative estimate of drug-likeness (QED) is 0.494. The smallest absolute Gasteiger partial charge is 0.321 e. The van der Waals surface area contributed by atoms with E-state index in [1.807, 2.05) is 6.92 Å². The number of nitrogens with one attached hydrogen (secondary N) is 2. The molecular formula is C28H34N4O7. The minimum Gasteiger partial charge on any atom is -0.485 e. The fourth-order valence-electron chi connectivity index (χ4n) is 4.69. The van der Waals surface area contributed by atoms with E-state index in [1.54, 1.807) is 55.3 Å². The summed E-state index contributed by atoms with van der Waals surface area (Å²) in [6.45, 7) is 4.19. The van der Waals surface area contributed by atoms with E-state index in [9.17, 15) is 19.5 Å². The second kappa shape index (κ2) is 11.0. The number of nitrogens with zero attached hydrogens (tertiary/aromatic N) is 2. The van der Waals surface area contributed by atoms with Crippen LogP contribution in [-0.2, 0) is 4.79 Å². The number of urea groups is 1. The van der Waals surface area contributed by atoms with Crippen LogP contribution in [0.4, 0.5) is 16.2 Å². The fourth-order valence-corrected chi connectivity index (χ4v) is 4.69. The molecule has 1 aliphatic carbocycles. The van der Waals surface area contributed by atoms with E-state index in [1.165, 1.54) is 4.90 Å². The molecule has 0 radical (unpaired) electrons. The highest BCUT2D eigenvalue weighted by Crippen LogP contribution is 2.37. The van der Waals surface area contributed by atoms with Gasteiger partial charge in [-0.3, -0.25) is 9.59 Å². The Labute approximate surface area is 227 Å². The lowest BCUT2D eigenvalue weighted by molar-refractivity contribution is -0.117. The second-order valence-electron chi connectivity index (χ2n) is 10.4. The Morgan fingerprint density at radius 2 is 1.92 bits per heavy atom. The molecule has 1 saturated carbocycles. The molecule has 0 saturated heterocycles. The van der Waals surface area contributed by atoms with Crippen molar-refractivity contribution in [1.29, 1.82) is 0 Å². The molecule has 5 rings (SSSR count). The molecule has 39 heavy (non-hydrogen) atoms. The van der Waals surface area contributed by atoms with E-state index in [0.29, 0.717) is 35.0 Å². The number of carbonyl (C=O) groups excluding carboxylic acids is 3. The Morgan fingerprint density at radius 3 is 2.67 bits per heavy atom. The van der Waals surface area contributed by atoms with Crippen molar-refractivity contribution >= 4 is 29.2 Å². The molecule has 0 unspecified atom stereocenters. The molecule has 0 aromatic heterocycles. The lowest BCUT2D eigenvalue weighted by atomic mass is 9.99. The van der Waals surface area contributed by atoms with Crippen LogP contribution in [0.15, 0.2) is 36.4 Å². The minimum absolute atomic E-state index is 0.0308. The zero-order valence-corrected chi connectivity index (χ0v) is 22.3. The summed E-state index contributed by atoms with van der Waals surface area (Å²) in [5.41, 5.74) is 1.28. The van der Waals surface area contributed by atoms with Gasteiger partial charge in [0.15, 0.2) is 17.2 Å². The maximum Gasteiger partial charge on any atom is 0.321 e. The monoisotopic (exact) mass is 538 g/mol. The third kappa shape index (κ3) is 5.73. The van der Waals surface area contributed by atoms with E-state index < -0.39 is 12.1 Å². The van der Waals surface area contributed by atoms with Crippen LogP contribution in [0.1, 0.15) is 37.0 Å². The Balaban J connectivity index is 1.39. The lowest BCUT2D eigenvalue weighted by Gasteiger charge is -2.38. The lowest BCUT2D eigenvalue weighted by Crippen LogP contribution is -2.50. The van der Waals surface area contributed by atoms with E-state index in [4.69, 9.17) is 14.2 Å². The molecule has 2 aromatic carbocycles. The van der Waals surface area contributed by atoms with E-state index in [0.717, 1.165) is 12.8 Å². The average molecular weight is 539 g/mol. The number of fused-ring (bicyclic) bond motifs is 2. The summed E-state index contributed by atoms with van der Waals surface area (Å²) in [7, 11) is 1.66. The molecule has 11 heteroatoms. The van der Waals surface area contributed by atoms with Gasteiger partial charge in [0.05, 0.1) is 30.4 Å². The van der Waals surface area contributed by atoms with E-state index in [-0.39, 0.29) is 55.4 Å². The van der Waals surface area contributed by atoms with Gasteiger partial charge in [-0.25, -0.2) is 4.79 Å². The minimum atomic E-state index is -0.517. The molecule has 0 bridgehead atoms. The SMILES string of the molecule is C[C@H]1CN([C@@H](C)CO)C(=O)c2cccc(NC(=O)C3CC3)c2O[C@@H]1CN(C)C(=O)Nc1ccc2c(c1)OCO2. The summed E-state index contributed by atoms with van der Waals surface area (Å²) in [4.78, 5) is 42.4. The van der Waals surface area contributed by atoms with Gasteiger partial charge in [0.25, 0.3) is 5.91 Å². The summed E-state index contributed by atoms with van der Waals surface area (Å²) in [5.74, 6) is 0.832. The molecular weight excluding hydrogens is 504 g/mol. The molecule has 208 valence electrons. The van der Waals surface area contributed by atoms with Gasteiger partial charge in [-0.05, 0) is 44.0 Å². The van der Waals surface area contributed by atoms with Crippen molar-refractivity contribution in [2.75, 3.05) is 44.2 Å².